The maximum Gasteiger partial charge on any atom is 0.243 e. The molecule has 1 aromatic rings. The molecule has 4 nitrogen and oxygen atoms in total. The van der Waals surface area contributed by atoms with E-state index in [4.69, 9.17) is 0 Å². The molecule has 4 atom stereocenters. The summed E-state index contributed by atoms with van der Waals surface area (Å²) in [6.07, 6.45) is 4.96. The highest BCUT2D eigenvalue weighted by atomic mass is 19.1. The lowest BCUT2D eigenvalue weighted by Gasteiger charge is -2.40. The summed E-state index contributed by atoms with van der Waals surface area (Å²) in [6.45, 7) is 4.81. The van der Waals surface area contributed by atoms with Crippen molar-refractivity contribution in [1.82, 2.24) is 10.2 Å². The largest absolute Gasteiger partial charge is 0.350 e. The van der Waals surface area contributed by atoms with Crippen LogP contribution < -0.4 is 5.32 Å². The monoisotopic (exact) mass is 372 g/mol. The molecule has 1 heterocycles. The molecule has 1 aromatic carbocycles. The van der Waals surface area contributed by atoms with Crippen LogP contribution in [0.25, 0.3) is 0 Å². The van der Waals surface area contributed by atoms with Gasteiger partial charge in [0.05, 0.1) is 0 Å². The second-order valence-corrected chi connectivity index (χ2v) is 9.02. The third kappa shape index (κ3) is 4.17. The zero-order valence-electron chi connectivity index (χ0n) is 16.2. The van der Waals surface area contributed by atoms with Gasteiger partial charge >= 0.3 is 0 Å². The topological polar surface area (TPSA) is 49.4 Å². The smallest absolute Gasteiger partial charge is 0.243 e. The Morgan fingerprint density at radius 2 is 1.96 bits per heavy atom. The van der Waals surface area contributed by atoms with Crippen LogP contribution in [0.1, 0.15) is 57.4 Å². The minimum absolute atomic E-state index is 0.00734. The molecular weight excluding hydrogens is 343 g/mol. The molecule has 2 amide bonds. The average molecular weight is 372 g/mol. The van der Waals surface area contributed by atoms with Crippen molar-refractivity contribution in [3.8, 4) is 0 Å². The van der Waals surface area contributed by atoms with E-state index in [1.807, 2.05) is 4.90 Å². The number of piperazine rings is 1. The lowest BCUT2D eigenvalue weighted by atomic mass is 9.95. The standard InChI is InChI=1S/C22H29FN2O2/c1-13(2)9-20-21(26)24-17(10-14-3-4-14)12-25(20)22(27)19-11-18(19)15-5-7-16(23)8-6-15/h5-8,13-14,17-20H,3-4,9-12H2,1-2H3,(H,24,26). The van der Waals surface area contributed by atoms with Crippen molar-refractivity contribution < 1.29 is 14.0 Å². The third-order valence-electron chi connectivity index (χ3n) is 6.14. The molecule has 146 valence electrons. The number of hydrogen-bond acceptors (Lipinski definition) is 2. The van der Waals surface area contributed by atoms with Gasteiger partial charge in [-0.2, -0.15) is 0 Å². The first-order chi connectivity index (χ1) is 12.9. The number of carbonyl (C=O) groups excluding carboxylic acids is 2. The van der Waals surface area contributed by atoms with E-state index in [9.17, 15) is 14.0 Å². The van der Waals surface area contributed by atoms with Crippen molar-refractivity contribution in [2.75, 3.05) is 6.54 Å². The van der Waals surface area contributed by atoms with Crippen molar-refractivity contribution in [3.63, 3.8) is 0 Å². The minimum atomic E-state index is -0.359. The number of amides is 2. The van der Waals surface area contributed by atoms with E-state index in [2.05, 4.69) is 19.2 Å². The molecule has 1 saturated heterocycles. The van der Waals surface area contributed by atoms with Crippen LogP contribution in [0.4, 0.5) is 4.39 Å². The number of hydrogen-bond donors (Lipinski definition) is 1. The van der Waals surface area contributed by atoms with Gasteiger partial charge in [0.25, 0.3) is 0 Å². The molecule has 1 N–H and O–H groups in total. The van der Waals surface area contributed by atoms with E-state index in [0.29, 0.717) is 24.8 Å². The molecule has 0 spiro atoms. The zero-order valence-corrected chi connectivity index (χ0v) is 16.2. The Morgan fingerprint density at radius 3 is 2.59 bits per heavy atom. The predicted octanol–water partition coefficient (Wildman–Crippen LogP) is 3.47. The van der Waals surface area contributed by atoms with Crippen LogP contribution in [0.15, 0.2) is 24.3 Å². The summed E-state index contributed by atoms with van der Waals surface area (Å²) in [6, 6.07) is 6.19. The number of nitrogens with one attached hydrogen (secondary N) is 1. The Bertz CT molecular complexity index is 714. The van der Waals surface area contributed by atoms with Crippen LogP contribution in [-0.4, -0.2) is 35.3 Å². The summed E-state index contributed by atoms with van der Waals surface area (Å²) in [5, 5.41) is 3.16. The van der Waals surface area contributed by atoms with Crippen LogP contribution in [-0.2, 0) is 9.59 Å². The maximum absolute atomic E-state index is 13.3. The zero-order chi connectivity index (χ0) is 19.1. The van der Waals surface area contributed by atoms with Crippen molar-refractivity contribution in [3.05, 3.63) is 35.6 Å². The fourth-order valence-electron chi connectivity index (χ4n) is 4.42. The summed E-state index contributed by atoms with van der Waals surface area (Å²) in [5.74, 6) is 1.00. The maximum atomic E-state index is 13.3. The van der Waals surface area contributed by atoms with E-state index in [-0.39, 0.29) is 41.6 Å². The van der Waals surface area contributed by atoms with Gasteiger partial charge in [-0.15, -0.1) is 0 Å². The van der Waals surface area contributed by atoms with Gasteiger partial charge in [0.1, 0.15) is 11.9 Å². The summed E-state index contributed by atoms with van der Waals surface area (Å²) in [4.78, 5) is 27.9. The normalized spacial score (nSPS) is 30.4. The fourth-order valence-corrected chi connectivity index (χ4v) is 4.42. The van der Waals surface area contributed by atoms with Gasteiger partial charge < -0.3 is 10.2 Å². The average Bonchev–Trinajstić information content (AvgIpc) is 3.51. The quantitative estimate of drug-likeness (QED) is 0.831. The number of halogens is 1. The first-order valence-corrected chi connectivity index (χ1v) is 10.3. The van der Waals surface area contributed by atoms with Gasteiger partial charge in [-0.25, -0.2) is 4.39 Å². The Balaban J connectivity index is 1.47. The summed E-state index contributed by atoms with van der Waals surface area (Å²) < 4.78 is 13.2. The van der Waals surface area contributed by atoms with E-state index in [0.717, 1.165) is 18.4 Å². The van der Waals surface area contributed by atoms with Crippen LogP contribution in [0.2, 0.25) is 0 Å². The van der Waals surface area contributed by atoms with E-state index < -0.39 is 0 Å². The summed E-state index contributed by atoms with van der Waals surface area (Å²) >= 11 is 0. The van der Waals surface area contributed by atoms with Gasteiger partial charge in [0, 0.05) is 18.5 Å². The first-order valence-electron chi connectivity index (χ1n) is 10.3. The molecule has 2 aliphatic carbocycles. The number of rotatable bonds is 6. The Hall–Kier alpha value is -1.91. The van der Waals surface area contributed by atoms with Gasteiger partial charge in [0.2, 0.25) is 11.8 Å². The molecule has 4 rings (SSSR count). The third-order valence-corrected chi connectivity index (χ3v) is 6.14. The number of carbonyl (C=O) groups is 2. The second kappa shape index (κ2) is 7.25. The first kappa shape index (κ1) is 18.5. The molecule has 0 bridgehead atoms. The molecule has 5 heteroatoms. The SMILES string of the molecule is CC(C)CC1C(=O)NC(CC2CC2)CN1C(=O)C1CC1c1ccc(F)cc1. The molecule has 3 fully saturated rings. The van der Waals surface area contributed by atoms with Crippen molar-refractivity contribution in [2.45, 2.75) is 64.0 Å². The molecule has 2 saturated carbocycles. The molecule has 0 aromatic heterocycles. The van der Waals surface area contributed by atoms with E-state index in [1.165, 1.54) is 25.0 Å². The summed E-state index contributed by atoms with van der Waals surface area (Å²) in [7, 11) is 0. The lowest BCUT2D eigenvalue weighted by molar-refractivity contribution is -0.146. The molecule has 4 unspecified atom stereocenters. The summed E-state index contributed by atoms with van der Waals surface area (Å²) in [5.41, 5.74) is 1.02. The van der Waals surface area contributed by atoms with Crippen molar-refractivity contribution in [2.24, 2.45) is 17.8 Å². The molecular formula is C22H29FN2O2. The highest BCUT2D eigenvalue weighted by molar-refractivity contribution is 5.91. The van der Waals surface area contributed by atoms with Crippen LogP contribution in [0.3, 0.4) is 0 Å². The highest BCUT2D eigenvalue weighted by Crippen LogP contribution is 2.49. The van der Waals surface area contributed by atoms with E-state index in [1.54, 1.807) is 12.1 Å². The van der Waals surface area contributed by atoms with Gasteiger partial charge in [-0.1, -0.05) is 38.8 Å². The molecule has 3 aliphatic rings. The number of benzene rings is 1. The fraction of sp³-hybridized carbons (Fsp3) is 0.636. The molecule has 27 heavy (non-hydrogen) atoms. The Kier molecular flexibility index (Phi) is 4.95. The second-order valence-electron chi connectivity index (χ2n) is 9.02. The molecule has 0 radical (unpaired) electrons. The number of nitrogens with zero attached hydrogens (tertiary/aromatic N) is 1. The van der Waals surface area contributed by atoms with E-state index >= 15 is 0 Å². The van der Waals surface area contributed by atoms with Gasteiger partial charge in [-0.05, 0) is 54.7 Å². The minimum Gasteiger partial charge on any atom is -0.350 e. The van der Waals surface area contributed by atoms with Crippen LogP contribution >= 0.6 is 0 Å². The Morgan fingerprint density at radius 1 is 1.26 bits per heavy atom. The highest BCUT2D eigenvalue weighted by Gasteiger charge is 2.49. The Labute approximate surface area is 160 Å². The van der Waals surface area contributed by atoms with Gasteiger partial charge in [-0.3, -0.25) is 9.59 Å². The lowest BCUT2D eigenvalue weighted by Crippen LogP contribution is -2.62. The van der Waals surface area contributed by atoms with Crippen molar-refractivity contribution in [1.29, 1.82) is 0 Å². The van der Waals surface area contributed by atoms with Gasteiger partial charge in [0.15, 0.2) is 0 Å². The van der Waals surface area contributed by atoms with Crippen molar-refractivity contribution >= 4 is 11.8 Å². The van der Waals surface area contributed by atoms with Crippen LogP contribution in [0.5, 0.6) is 0 Å². The van der Waals surface area contributed by atoms with Crippen LogP contribution in [0, 0.1) is 23.6 Å². The molecule has 1 aliphatic heterocycles. The predicted molar refractivity (Wildman–Crippen MR) is 101 cm³/mol.